The Morgan fingerprint density at radius 2 is 2.06 bits per heavy atom. The molecule has 1 aromatic carbocycles. The van der Waals surface area contributed by atoms with Crippen LogP contribution in [0.4, 0.5) is 5.69 Å². The van der Waals surface area contributed by atoms with E-state index in [1.807, 2.05) is 13.0 Å². The van der Waals surface area contributed by atoms with Crippen LogP contribution in [0.3, 0.4) is 0 Å². The monoisotopic (exact) mass is 219 g/mol. The summed E-state index contributed by atoms with van der Waals surface area (Å²) in [5.74, 6) is -1.15. The molecular formula is C12H13NO3. The van der Waals surface area contributed by atoms with Gasteiger partial charge < -0.3 is 10.4 Å². The van der Waals surface area contributed by atoms with E-state index in [0.29, 0.717) is 5.69 Å². The van der Waals surface area contributed by atoms with Crippen molar-refractivity contribution in [3.63, 3.8) is 0 Å². The van der Waals surface area contributed by atoms with Crippen LogP contribution in [0.15, 0.2) is 24.3 Å². The molecule has 1 rings (SSSR count). The maximum absolute atomic E-state index is 10.9. The predicted molar refractivity (Wildman–Crippen MR) is 62.2 cm³/mol. The standard InChI is InChI=1S/C12H13NO3/c1-8-3-4-10(5-6-12(15)16)7-11(8)13-9(2)14/h3-7H,1-2H3,(H,13,14)(H,15,16)/b6-5+. The summed E-state index contributed by atoms with van der Waals surface area (Å²) in [5.41, 5.74) is 2.36. The van der Waals surface area contributed by atoms with E-state index in [4.69, 9.17) is 5.11 Å². The Kier molecular flexibility index (Phi) is 3.83. The van der Waals surface area contributed by atoms with Gasteiger partial charge >= 0.3 is 5.97 Å². The van der Waals surface area contributed by atoms with Crippen molar-refractivity contribution in [3.05, 3.63) is 35.4 Å². The number of aryl methyl sites for hydroxylation is 1. The fourth-order valence-electron chi connectivity index (χ4n) is 1.24. The van der Waals surface area contributed by atoms with Gasteiger partial charge in [0.05, 0.1) is 0 Å². The SMILES string of the molecule is CC(=O)Nc1cc(/C=C/C(=O)O)ccc1C. The molecule has 0 unspecified atom stereocenters. The highest BCUT2D eigenvalue weighted by atomic mass is 16.4. The highest BCUT2D eigenvalue weighted by Crippen LogP contribution is 2.17. The van der Waals surface area contributed by atoms with E-state index < -0.39 is 5.97 Å². The van der Waals surface area contributed by atoms with E-state index in [1.54, 1.807) is 12.1 Å². The molecule has 16 heavy (non-hydrogen) atoms. The van der Waals surface area contributed by atoms with Crippen LogP contribution in [0, 0.1) is 6.92 Å². The van der Waals surface area contributed by atoms with Gasteiger partial charge in [-0.3, -0.25) is 4.79 Å². The van der Waals surface area contributed by atoms with Gasteiger partial charge in [-0.1, -0.05) is 12.1 Å². The van der Waals surface area contributed by atoms with Crippen molar-refractivity contribution in [2.45, 2.75) is 13.8 Å². The number of carboxylic acids is 1. The van der Waals surface area contributed by atoms with Gasteiger partial charge in [0.2, 0.25) is 5.91 Å². The number of rotatable bonds is 3. The minimum Gasteiger partial charge on any atom is -0.478 e. The number of nitrogens with one attached hydrogen (secondary N) is 1. The van der Waals surface area contributed by atoms with Gasteiger partial charge in [-0.2, -0.15) is 0 Å². The van der Waals surface area contributed by atoms with Gasteiger partial charge in [0, 0.05) is 18.7 Å². The summed E-state index contributed by atoms with van der Waals surface area (Å²) in [6.07, 6.45) is 2.54. The molecule has 0 atom stereocenters. The second kappa shape index (κ2) is 5.11. The Morgan fingerprint density at radius 3 is 2.62 bits per heavy atom. The second-order valence-electron chi connectivity index (χ2n) is 3.43. The zero-order valence-electron chi connectivity index (χ0n) is 9.15. The van der Waals surface area contributed by atoms with E-state index in [0.717, 1.165) is 17.2 Å². The van der Waals surface area contributed by atoms with Crippen LogP contribution in [-0.2, 0) is 9.59 Å². The number of hydrogen-bond donors (Lipinski definition) is 2. The smallest absolute Gasteiger partial charge is 0.328 e. The van der Waals surface area contributed by atoms with Crippen molar-refractivity contribution >= 4 is 23.6 Å². The average molecular weight is 219 g/mol. The second-order valence-corrected chi connectivity index (χ2v) is 3.43. The van der Waals surface area contributed by atoms with Crippen LogP contribution in [0.25, 0.3) is 6.08 Å². The molecule has 0 aliphatic rings. The first-order chi connectivity index (χ1) is 7.49. The van der Waals surface area contributed by atoms with E-state index in [2.05, 4.69) is 5.32 Å². The Morgan fingerprint density at radius 1 is 1.38 bits per heavy atom. The third-order valence-corrected chi connectivity index (χ3v) is 1.99. The normalized spacial score (nSPS) is 10.4. The van der Waals surface area contributed by atoms with Gasteiger partial charge in [0.1, 0.15) is 0 Å². The third kappa shape index (κ3) is 3.57. The molecule has 4 nitrogen and oxygen atoms in total. The highest BCUT2D eigenvalue weighted by molar-refractivity contribution is 5.90. The Hall–Kier alpha value is -2.10. The van der Waals surface area contributed by atoms with Gasteiger partial charge in [-0.15, -0.1) is 0 Å². The molecule has 0 saturated carbocycles. The summed E-state index contributed by atoms with van der Waals surface area (Å²) in [4.78, 5) is 21.3. The molecule has 0 heterocycles. The number of carbonyl (C=O) groups excluding carboxylic acids is 1. The van der Waals surface area contributed by atoms with Gasteiger partial charge in [0.15, 0.2) is 0 Å². The number of benzene rings is 1. The molecule has 0 aliphatic carbocycles. The molecule has 4 heteroatoms. The molecule has 0 saturated heterocycles. The molecule has 0 aromatic heterocycles. The molecule has 0 radical (unpaired) electrons. The molecule has 0 fully saturated rings. The van der Waals surface area contributed by atoms with Crippen LogP contribution in [0.2, 0.25) is 0 Å². The third-order valence-electron chi connectivity index (χ3n) is 1.99. The van der Waals surface area contributed by atoms with Crippen molar-refractivity contribution in [1.82, 2.24) is 0 Å². The van der Waals surface area contributed by atoms with Crippen LogP contribution in [0.1, 0.15) is 18.1 Å². The van der Waals surface area contributed by atoms with E-state index in [-0.39, 0.29) is 5.91 Å². The lowest BCUT2D eigenvalue weighted by atomic mass is 10.1. The Bertz CT molecular complexity index is 450. The quantitative estimate of drug-likeness (QED) is 0.764. The molecule has 0 aliphatic heterocycles. The highest BCUT2D eigenvalue weighted by Gasteiger charge is 2.00. The van der Waals surface area contributed by atoms with Gasteiger partial charge in [-0.05, 0) is 30.2 Å². The fraction of sp³-hybridized carbons (Fsp3) is 0.167. The zero-order chi connectivity index (χ0) is 12.1. The number of anilines is 1. The molecular weight excluding hydrogens is 206 g/mol. The maximum Gasteiger partial charge on any atom is 0.328 e. The summed E-state index contributed by atoms with van der Waals surface area (Å²) in [7, 11) is 0. The van der Waals surface area contributed by atoms with Crippen LogP contribution in [0.5, 0.6) is 0 Å². The first-order valence-electron chi connectivity index (χ1n) is 4.78. The molecule has 84 valence electrons. The molecule has 0 spiro atoms. The topological polar surface area (TPSA) is 66.4 Å². The van der Waals surface area contributed by atoms with Crippen molar-refractivity contribution in [3.8, 4) is 0 Å². The van der Waals surface area contributed by atoms with Crippen LogP contribution in [-0.4, -0.2) is 17.0 Å². The first-order valence-corrected chi connectivity index (χ1v) is 4.78. The van der Waals surface area contributed by atoms with Crippen molar-refractivity contribution in [2.24, 2.45) is 0 Å². The Labute approximate surface area is 93.6 Å². The number of carboxylic acid groups (broad SMARTS) is 1. The summed E-state index contributed by atoms with van der Waals surface area (Å²) in [6.45, 7) is 3.30. The summed E-state index contributed by atoms with van der Waals surface area (Å²) >= 11 is 0. The van der Waals surface area contributed by atoms with Crippen LogP contribution < -0.4 is 5.32 Å². The average Bonchev–Trinajstić information content (AvgIpc) is 2.18. The largest absolute Gasteiger partial charge is 0.478 e. The predicted octanol–water partition coefficient (Wildman–Crippen LogP) is 2.05. The molecule has 1 amide bonds. The number of aliphatic carboxylic acids is 1. The van der Waals surface area contributed by atoms with Crippen molar-refractivity contribution in [1.29, 1.82) is 0 Å². The lowest BCUT2D eigenvalue weighted by Crippen LogP contribution is -2.07. The van der Waals surface area contributed by atoms with E-state index in [9.17, 15) is 9.59 Å². The van der Waals surface area contributed by atoms with Gasteiger partial charge in [-0.25, -0.2) is 4.79 Å². The number of amides is 1. The summed E-state index contributed by atoms with van der Waals surface area (Å²) < 4.78 is 0. The van der Waals surface area contributed by atoms with E-state index in [1.165, 1.54) is 13.0 Å². The lowest BCUT2D eigenvalue weighted by Gasteiger charge is -2.06. The number of carbonyl (C=O) groups is 2. The minimum absolute atomic E-state index is 0.150. The molecule has 1 aromatic rings. The summed E-state index contributed by atoms with van der Waals surface area (Å²) in [5, 5.41) is 11.2. The molecule has 2 N–H and O–H groups in total. The zero-order valence-corrected chi connectivity index (χ0v) is 9.15. The maximum atomic E-state index is 10.9. The van der Waals surface area contributed by atoms with E-state index >= 15 is 0 Å². The van der Waals surface area contributed by atoms with Crippen LogP contribution >= 0.6 is 0 Å². The van der Waals surface area contributed by atoms with Gasteiger partial charge in [0.25, 0.3) is 0 Å². The van der Waals surface area contributed by atoms with Crippen molar-refractivity contribution in [2.75, 3.05) is 5.32 Å². The molecule has 0 bridgehead atoms. The Balaban J connectivity index is 2.97. The summed E-state index contributed by atoms with van der Waals surface area (Å²) in [6, 6.07) is 5.35. The number of hydrogen-bond acceptors (Lipinski definition) is 2. The minimum atomic E-state index is -0.998. The fourth-order valence-corrected chi connectivity index (χ4v) is 1.24. The lowest BCUT2D eigenvalue weighted by molar-refractivity contribution is -0.131. The van der Waals surface area contributed by atoms with Crippen molar-refractivity contribution < 1.29 is 14.7 Å². The first kappa shape index (κ1) is 12.0.